The summed E-state index contributed by atoms with van der Waals surface area (Å²) in [5.41, 5.74) is 10.1. The van der Waals surface area contributed by atoms with E-state index in [1.807, 2.05) is 47.3 Å². The van der Waals surface area contributed by atoms with E-state index in [4.69, 9.17) is 25.3 Å². The number of halogens is 1. The fourth-order valence-corrected chi connectivity index (χ4v) is 5.34. The maximum Gasteiger partial charge on any atom is 0.167 e. The molecular formula is C25H29BrN6O3. The van der Waals surface area contributed by atoms with Crippen molar-refractivity contribution in [2.24, 2.45) is 0 Å². The fraction of sp³-hybridized carbons (Fsp3) is 0.400. The summed E-state index contributed by atoms with van der Waals surface area (Å²) in [7, 11) is 1.65. The minimum Gasteiger partial charge on any atom is -0.393 e. The van der Waals surface area contributed by atoms with Crippen molar-refractivity contribution in [3.63, 3.8) is 0 Å². The van der Waals surface area contributed by atoms with Crippen molar-refractivity contribution in [3.8, 4) is 16.9 Å². The number of methoxy groups -OCH3 is 1. The third-order valence-electron chi connectivity index (χ3n) is 6.80. The molecule has 0 aliphatic heterocycles. The number of rotatable bonds is 8. The van der Waals surface area contributed by atoms with Gasteiger partial charge in [0.25, 0.3) is 0 Å². The van der Waals surface area contributed by atoms with E-state index in [1.165, 1.54) is 0 Å². The van der Waals surface area contributed by atoms with Crippen LogP contribution in [-0.4, -0.2) is 62.0 Å². The van der Waals surface area contributed by atoms with Gasteiger partial charge in [-0.1, -0.05) is 18.2 Å². The van der Waals surface area contributed by atoms with Gasteiger partial charge in [0.1, 0.15) is 5.82 Å². The quantitative estimate of drug-likeness (QED) is 0.325. The number of anilines is 1. The van der Waals surface area contributed by atoms with E-state index in [9.17, 15) is 5.11 Å². The number of aliphatic hydroxyl groups is 1. The van der Waals surface area contributed by atoms with Crippen LogP contribution in [0.4, 0.5) is 5.82 Å². The molecule has 3 aromatic heterocycles. The number of nitrogens with zero attached hydrogens (tertiary/aromatic N) is 5. The molecule has 0 amide bonds. The van der Waals surface area contributed by atoms with E-state index in [-0.39, 0.29) is 12.5 Å². The van der Waals surface area contributed by atoms with Crippen molar-refractivity contribution >= 4 is 27.4 Å². The smallest absolute Gasteiger partial charge is 0.167 e. The molecule has 1 aliphatic carbocycles. The maximum absolute atomic E-state index is 10.0. The summed E-state index contributed by atoms with van der Waals surface area (Å²) in [6, 6.07) is 11.9. The first-order valence-corrected chi connectivity index (χ1v) is 12.5. The second kappa shape index (κ2) is 10.1. The highest BCUT2D eigenvalue weighted by atomic mass is 79.9. The number of ether oxygens (including phenoxy) is 2. The van der Waals surface area contributed by atoms with Crippen molar-refractivity contribution in [2.45, 2.75) is 37.2 Å². The van der Waals surface area contributed by atoms with Crippen LogP contribution in [0.15, 0.2) is 53.3 Å². The van der Waals surface area contributed by atoms with E-state index in [1.54, 1.807) is 17.8 Å². The number of fused-ring (bicyclic) bond motifs is 1. The standard InChI is InChI=1S/C25H29BrN6O3/c1-34-13-14-35-25(16-33)10-7-17(8-11-25)22-21(26)23(27)32-24(29-22)19(15-28-32)20-9-12-31(30-20)18-5-3-2-4-6-18/h2-6,9,12,15,17,33H,7-8,10-11,13-14,16,27H2,1H3. The molecular weight excluding hydrogens is 512 g/mol. The van der Waals surface area contributed by atoms with Gasteiger partial charge in [0.15, 0.2) is 5.65 Å². The molecule has 5 rings (SSSR count). The van der Waals surface area contributed by atoms with Crippen LogP contribution in [0.25, 0.3) is 22.6 Å². The van der Waals surface area contributed by atoms with Gasteiger partial charge in [-0.05, 0) is 59.8 Å². The van der Waals surface area contributed by atoms with Crippen molar-refractivity contribution < 1.29 is 14.6 Å². The molecule has 35 heavy (non-hydrogen) atoms. The monoisotopic (exact) mass is 540 g/mol. The van der Waals surface area contributed by atoms with Gasteiger partial charge < -0.3 is 20.3 Å². The van der Waals surface area contributed by atoms with Gasteiger partial charge in [0, 0.05) is 19.2 Å². The van der Waals surface area contributed by atoms with Crippen LogP contribution in [-0.2, 0) is 9.47 Å². The topological polar surface area (TPSA) is 113 Å². The SMILES string of the molecule is COCCOC1(CO)CCC(c2nc3c(-c4ccn(-c5ccccc5)n4)cnn3c(N)c2Br)CC1. The van der Waals surface area contributed by atoms with Crippen molar-refractivity contribution in [1.29, 1.82) is 0 Å². The van der Waals surface area contributed by atoms with Crippen LogP contribution in [0, 0.1) is 0 Å². The predicted octanol–water partition coefficient (Wildman–Crippen LogP) is 3.98. The average molecular weight is 541 g/mol. The Bertz CT molecular complexity index is 1300. The molecule has 0 unspecified atom stereocenters. The summed E-state index contributed by atoms with van der Waals surface area (Å²) in [6.45, 7) is 0.975. The van der Waals surface area contributed by atoms with Crippen LogP contribution in [0.5, 0.6) is 0 Å². The zero-order valence-electron chi connectivity index (χ0n) is 19.6. The Labute approximate surface area is 212 Å². The van der Waals surface area contributed by atoms with Crippen molar-refractivity contribution in [1.82, 2.24) is 24.4 Å². The normalized spacial score (nSPS) is 20.5. The number of aromatic nitrogens is 5. The van der Waals surface area contributed by atoms with Crippen LogP contribution in [0.1, 0.15) is 37.3 Å². The molecule has 0 radical (unpaired) electrons. The largest absolute Gasteiger partial charge is 0.393 e. The molecule has 0 atom stereocenters. The number of hydrogen-bond donors (Lipinski definition) is 2. The molecule has 1 saturated carbocycles. The number of aliphatic hydroxyl groups excluding tert-OH is 1. The highest BCUT2D eigenvalue weighted by Gasteiger charge is 2.37. The number of nitrogen functional groups attached to an aromatic ring is 1. The minimum absolute atomic E-state index is 0.00392. The molecule has 9 nitrogen and oxygen atoms in total. The number of nitrogens with two attached hydrogens (primary N) is 1. The van der Waals surface area contributed by atoms with Gasteiger partial charge in [-0.3, -0.25) is 0 Å². The molecule has 10 heteroatoms. The molecule has 0 spiro atoms. The van der Waals surface area contributed by atoms with E-state index < -0.39 is 5.60 Å². The summed E-state index contributed by atoms with van der Waals surface area (Å²) in [5.74, 6) is 0.695. The van der Waals surface area contributed by atoms with Gasteiger partial charge in [-0.25, -0.2) is 9.67 Å². The predicted molar refractivity (Wildman–Crippen MR) is 137 cm³/mol. The number of hydrogen-bond acceptors (Lipinski definition) is 7. The third-order valence-corrected chi connectivity index (χ3v) is 7.61. The van der Waals surface area contributed by atoms with Gasteiger partial charge in [-0.15, -0.1) is 0 Å². The van der Waals surface area contributed by atoms with E-state index in [0.717, 1.165) is 52.8 Å². The Morgan fingerprint density at radius 2 is 1.94 bits per heavy atom. The van der Waals surface area contributed by atoms with Crippen LogP contribution < -0.4 is 5.73 Å². The Morgan fingerprint density at radius 3 is 2.66 bits per heavy atom. The van der Waals surface area contributed by atoms with Gasteiger partial charge in [-0.2, -0.15) is 14.7 Å². The zero-order valence-corrected chi connectivity index (χ0v) is 21.2. The first-order valence-electron chi connectivity index (χ1n) is 11.7. The molecule has 1 fully saturated rings. The first-order chi connectivity index (χ1) is 17.0. The second-order valence-electron chi connectivity index (χ2n) is 8.93. The molecule has 0 bridgehead atoms. The molecule has 4 aromatic rings. The number of benzene rings is 1. The second-order valence-corrected chi connectivity index (χ2v) is 9.72. The highest BCUT2D eigenvalue weighted by molar-refractivity contribution is 9.10. The lowest BCUT2D eigenvalue weighted by Crippen LogP contribution is -2.41. The summed E-state index contributed by atoms with van der Waals surface area (Å²) >= 11 is 3.67. The van der Waals surface area contributed by atoms with Gasteiger partial charge in [0.2, 0.25) is 0 Å². The number of para-hydroxylation sites is 1. The lowest BCUT2D eigenvalue weighted by Gasteiger charge is -2.38. The fourth-order valence-electron chi connectivity index (χ4n) is 4.76. The molecule has 3 N–H and O–H groups in total. The molecule has 3 heterocycles. The van der Waals surface area contributed by atoms with E-state index >= 15 is 0 Å². The summed E-state index contributed by atoms with van der Waals surface area (Å²) < 4.78 is 15.4. The third kappa shape index (κ3) is 4.58. The Balaban J connectivity index is 1.44. The molecule has 1 aliphatic rings. The van der Waals surface area contributed by atoms with E-state index in [0.29, 0.717) is 24.7 Å². The van der Waals surface area contributed by atoms with E-state index in [2.05, 4.69) is 21.0 Å². The Morgan fingerprint density at radius 1 is 1.17 bits per heavy atom. The summed E-state index contributed by atoms with van der Waals surface area (Å²) in [6.07, 6.45) is 6.83. The van der Waals surface area contributed by atoms with Crippen LogP contribution >= 0.6 is 15.9 Å². The average Bonchev–Trinajstić information content (AvgIpc) is 3.55. The van der Waals surface area contributed by atoms with Gasteiger partial charge >= 0.3 is 0 Å². The lowest BCUT2D eigenvalue weighted by atomic mass is 9.77. The molecule has 0 saturated heterocycles. The first kappa shape index (κ1) is 23.9. The molecule has 1 aromatic carbocycles. The Hall–Kier alpha value is -2.79. The Kier molecular flexibility index (Phi) is 6.88. The summed E-state index contributed by atoms with van der Waals surface area (Å²) in [5, 5.41) is 19.3. The van der Waals surface area contributed by atoms with Crippen LogP contribution in [0.3, 0.4) is 0 Å². The zero-order chi connectivity index (χ0) is 24.4. The summed E-state index contributed by atoms with van der Waals surface area (Å²) in [4.78, 5) is 5.03. The van der Waals surface area contributed by atoms with Crippen molar-refractivity contribution in [2.75, 3.05) is 32.7 Å². The maximum atomic E-state index is 10.0. The van der Waals surface area contributed by atoms with Gasteiger partial charge in [0.05, 0.1) is 58.7 Å². The lowest BCUT2D eigenvalue weighted by molar-refractivity contribution is -0.113. The van der Waals surface area contributed by atoms with Crippen LogP contribution in [0.2, 0.25) is 0 Å². The molecule has 184 valence electrons. The minimum atomic E-state index is -0.525. The van der Waals surface area contributed by atoms with Crippen molar-refractivity contribution in [3.05, 3.63) is 59.0 Å². The highest BCUT2D eigenvalue weighted by Crippen LogP contribution is 2.43.